The number of carbonyl (C=O) groups is 1. The number of amides is 1. The average molecular weight is 294 g/mol. The topological polar surface area (TPSA) is 49.3 Å². The van der Waals surface area contributed by atoms with Crippen molar-refractivity contribution in [2.75, 3.05) is 6.54 Å². The maximum atomic E-state index is 12.0. The van der Waals surface area contributed by atoms with E-state index in [1.54, 1.807) is 13.0 Å². The summed E-state index contributed by atoms with van der Waals surface area (Å²) in [6.07, 6.45) is 4.41. The minimum Gasteiger partial charge on any atom is -0.393 e. The third-order valence-corrected chi connectivity index (χ3v) is 3.97. The molecule has 1 fully saturated rings. The van der Waals surface area contributed by atoms with Crippen LogP contribution in [-0.4, -0.2) is 23.7 Å². The molecule has 20 heavy (non-hydrogen) atoms. The Morgan fingerprint density at radius 2 is 2.30 bits per heavy atom. The van der Waals surface area contributed by atoms with Gasteiger partial charge in [0.15, 0.2) is 0 Å². The van der Waals surface area contributed by atoms with Crippen molar-refractivity contribution < 1.29 is 9.90 Å². The standard InChI is InChI=1S/C16H20ClNO2/c1-11(8-12-4-2-6-14(17)9-12)16(20)18-10-13-5-3-7-15(13)19/h2,4,6,8-9,13,15,19H,3,5,7,10H2,1H3,(H,18,20)/b11-8-. The molecule has 2 rings (SSSR count). The van der Waals surface area contributed by atoms with Gasteiger partial charge in [-0.3, -0.25) is 4.79 Å². The molecular weight excluding hydrogens is 274 g/mol. The molecule has 1 amide bonds. The van der Waals surface area contributed by atoms with Gasteiger partial charge in [0, 0.05) is 23.1 Å². The molecule has 1 aromatic carbocycles. The maximum Gasteiger partial charge on any atom is 0.246 e. The van der Waals surface area contributed by atoms with E-state index >= 15 is 0 Å². The van der Waals surface area contributed by atoms with E-state index in [0.29, 0.717) is 17.1 Å². The van der Waals surface area contributed by atoms with Gasteiger partial charge in [0.05, 0.1) is 6.10 Å². The fourth-order valence-electron chi connectivity index (χ4n) is 2.53. The highest BCUT2D eigenvalue weighted by molar-refractivity contribution is 6.30. The number of aliphatic hydroxyl groups excluding tert-OH is 1. The largest absolute Gasteiger partial charge is 0.393 e. The van der Waals surface area contributed by atoms with Crippen molar-refractivity contribution in [3.05, 3.63) is 40.4 Å². The molecule has 0 spiro atoms. The normalized spacial score (nSPS) is 22.9. The van der Waals surface area contributed by atoms with Gasteiger partial charge in [-0.15, -0.1) is 0 Å². The van der Waals surface area contributed by atoms with E-state index in [1.807, 2.05) is 24.3 Å². The zero-order valence-electron chi connectivity index (χ0n) is 11.6. The lowest BCUT2D eigenvalue weighted by atomic mass is 10.1. The van der Waals surface area contributed by atoms with E-state index in [4.69, 9.17) is 11.6 Å². The fraction of sp³-hybridized carbons (Fsp3) is 0.438. The van der Waals surface area contributed by atoms with Gasteiger partial charge in [0.1, 0.15) is 0 Å². The van der Waals surface area contributed by atoms with Crippen LogP contribution < -0.4 is 5.32 Å². The molecule has 108 valence electrons. The number of hydrogen-bond acceptors (Lipinski definition) is 2. The van der Waals surface area contributed by atoms with Crippen molar-refractivity contribution in [3.63, 3.8) is 0 Å². The Kier molecular flexibility index (Phi) is 5.21. The molecule has 2 N–H and O–H groups in total. The van der Waals surface area contributed by atoms with Gasteiger partial charge < -0.3 is 10.4 Å². The number of benzene rings is 1. The SMILES string of the molecule is C/C(=C/c1cccc(Cl)c1)C(=O)NCC1CCCC1O. The number of nitrogens with one attached hydrogen (secondary N) is 1. The molecule has 1 saturated carbocycles. The lowest BCUT2D eigenvalue weighted by Crippen LogP contribution is -2.32. The minimum atomic E-state index is -0.271. The van der Waals surface area contributed by atoms with Gasteiger partial charge in [-0.25, -0.2) is 0 Å². The first-order valence-electron chi connectivity index (χ1n) is 6.96. The summed E-state index contributed by atoms with van der Waals surface area (Å²) in [5.74, 6) is 0.0991. The van der Waals surface area contributed by atoms with E-state index in [0.717, 1.165) is 24.8 Å². The first-order valence-corrected chi connectivity index (χ1v) is 7.34. The lowest BCUT2D eigenvalue weighted by molar-refractivity contribution is -0.117. The summed E-state index contributed by atoms with van der Waals surface area (Å²) in [6.45, 7) is 2.32. The quantitative estimate of drug-likeness (QED) is 0.839. The third kappa shape index (κ3) is 4.09. The molecule has 0 bridgehead atoms. The second-order valence-electron chi connectivity index (χ2n) is 5.35. The third-order valence-electron chi connectivity index (χ3n) is 3.73. The number of hydrogen-bond donors (Lipinski definition) is 2. The van der Waals surface area contributed by atoms with Crippen LogP contribution in [0.3, 0.4) is 0 Å². The molecule has 1 aromatic rings. The number of aliphatic hydroxyl groups is 1. The fourth-order valence-corrected chi connectivity index (χ4v) is 2.73. The van der Waals surface area contributed by atoms with Crippen LogP contribution >= 0.6 is 11.6 Å². The molecule has 2 unspecified atom stereocenters. The summed E-state index contributed by atoms with van der Waals surface area (Å²) in [5.41, 5.74) is 1.55. The number of carbonyl (C=O) groups excluding carboxylic acids is 1. The van der Waals surface area contributed by atoms with Crippen LogP contribution in [0.15, 0.2) is 29.8 Å². The molecule has 1 aliphatic rings. The van der Waals surface area contributed by atoms with Gasteiger partial charge in [0.25, 0.3) is 0 Å². The summed E-state index contributed by atoms with van der Waals surface area (Å²) in [5, 5.41) is 13.3. The Hall–Kier alpha value is -1.32. The highest BCUT2D eigenvalue weighted by Gasteiger charge is 2.25. The Labute approximate surface area is 124 Å². The zero-order chi connectivity index (χ0) is 14.5. The van der Waals surface area contributed by atoms with Crippen molar-refractivity contribution in [1.29, 1.82) is 0 Å². The minimum absolute atomic E-state index is 0.0934. The molecule has 0 heterocycles. The molecule has 4 heteroatoms. The van der Waals surface area contributed by atoms with Gasteiger partial charge in [-0.05, 0) is 43.5 Å². The van der Waals surface area contributed by atoms with Crippen LogP contribution in [0, 0.1) is 5.92 Å². The smallest absolute Gasteiger partial charge is 0.246 e. The van der Waals surface area contributed by atoms with Crippen LogP contribution in [0.2, 0.25) is 5.02 Å². The molecule has 0 aliphatic heterocycles. The molecule has 0 radical (unpaired) electrons. The predicted molar refractivity (Wildman–Crippen MR) is 81.5 cm³/mol. The molecule has 0 saturated heterocycles. The van der Waals surface area contributed by atoms with E-state index in [-0.39, 0.29) is 17.9 Å². The Bertz CT molecular complexity index is 513. The second kappa shape index (κ2) is 6.91. The number of halogens is 1. The predicted octanol–water partition coefficient (Wildman–Crippen LogP) is 3.02. The summed E-state index contributed by atoms with van der Waals surface area (Å²) >= 11 is 5.91. The highest BCUT2D eigenvalue weighted by Crippen LogP contribution is 2.24. The number of rotatable bonds is 4. The Morgan fingerprint density at radius 3 is 2.95 bits per heavy atom. The van der Waals surface area contributed by atoms with Crippen LogP contribution in [0.5, 0.6) is 0 Å². The monoisotopic (exact) mass is 293 g/mol. The van der Waals surface area contributed by atoms with E-state index in [2.05, 4.69) is 5.32 Å². The molecule has 3 nitrogen and oxygen atoms in total. The van der Waals surface area contributed by atoms with Crippen molar-refractivity contribution in [1.82, 2.24) is 5.32 Å². The second-order valence-corrected chi connectivity index (χ2v) is 5.79. The van der Waals surface area contributed by atoms with E-state index in [9.17, 15) is 9.90 Å². The van der Waals surface area contributed by atoms with Crippen LogP contribution in [0.4, 0.5) is 0 Å². The summed E-state index contributed by atoms with van der Waals surface area (Å²) < 4.78 is 0. The van der Waals surface area contributed by atoms with Gasteiger partial charge in [-0.2, -0.15) is 0 Å². The van der Waals surface area contributed by atoms with Gasteiger partial charge in [0.2, 0.25) is 5.91 Å². The zero-order valence-corrected chi connectivity index (χ0v) is 12.4. The summed E-state index contributed by atoms with van der Waals surface area (Å²) in [6, 6.07) is 7.38. The molecule has 0 aromatic heterocycles. The Morgan fingerprint density at radius 1 is 1.50 bits per heavy atom. The van der Waals surface area contributed by atoms with Gasteiger partial charge in [-0.1, -0.05) is 30.2 Å². The maximum absolute atomic E-state index is 12.0. The molecule has 2 atom stereocenters. The highest BCUT2D eigenvalue weighted by atomic mass is 35.5. The summed E-state index contributed by atoms with van der Waals surface area (Å²) in [7, 11) is 0. The Balaban J connectivity index is 1.91. The van der Waals surface area contributed by atoms with Crippen molar-refractivity contribution in [3.8, 4) is 0 Å². The summed E-state index contributed by atoms with van der Waals surface area (Å²) in [4.78, 5) is 12.0. The van der Waals surface area contributed by atoms with Crippen LogP contribution in [-0.2, 0) is 4.79 Å². The van der Waals surface area contributed by atoms with E-state index < -0.39 is 0 Å². The lowest BCUT2D eigenvalue weighted by Gasteiger charge is -2.15. The van der Waals surface area contributed by atoms with E-state index in [1.165, 1.54) is 0 Å². The first kappa shape index (κ1) is 15.1. The van der Waals surface area contributed by atoms with Crippen molar-refractivity contribution in [2.45, 2.75) is 32.3 Å². The molecule has 1 aliphatic carbocycles. The van der Waals surface area contributed by atoms with Crippen LogP contribution in [0.1, 0.15) is 31.7 Å². The first-order chi connectivity index (χ1) is 9.56. The van der Waals surface area contributed by atoms with Crippen LogP contribution in [0.25, 0.3) is 6.08 Å². The van der Waals surface area contributed by atoms with Crippen molar-refractivity contribution in [2.24, 2.45) is 5.92 Å². The molecular formula is C16H20ClNO2. The van der Waals surface area contributed by atoms with Gasteiger partial charge >= 0.3 is 0 Å². The van der Waals surface area contributed by atoms with Crippen molar-refractivity contribution >= 4 is 23.6 Å². The average Bonchev–Trinajstić information content (AvgIpc) is 2.81.